The summed E-state index contributed by atoms with van der Waals surface area (Å²) < 4.78 is 0. The van der Waals surface area contributed by atoms with Gasteiger partial charge >= 0.3 is 0 Å². The summed E-state index contributed by atoms with van der Waals surface area (Å²) in [4.78, 5) is 20.8. The molecule has 0 bridgehead atoms. The molecule has 0 unspecified atom stereocenters. The zero-order valence-electron chi connectivity index (χ0n) is 12.1. The van der Waals surface area contributed by atoms with E-state index < -0.39 is 0 Å². The number of aldehydes is 1. The molecular weight excluding hydrogens is 282 g/mol. The highest BCUT2D eigenvalue weighted by Gasteiger charge is 2.23. The summed E-state index contributed by atoms with van der Waals surface area (Å²) in [5.74, 6) is 0.679. The van der Waals surface area contributed by atoms with Gasteiger partial charge in [-0.3, -0.25) is 9.78 Å². The molecule has 0 aromatic carbocycles. The van der Waals surface area contributed by atoms with Crippen molar-refractivity contribution in [3.8, 4) is 0 Å². The first kappa shape index (κ1) is 15.3. The van der Waals surface area contributed by atoms with Crippen molar-refractivity contribution in [3.05, 3.63) is 59.1 Å². The molecule has 0 aliphatic carbocycles. The summed E-state index contributed by atoms with van der Waals surface area (Å²) in [5.41, 5.74) is 2.41. The number of hydrogen-bond donors (Lipinski definition) is 1. The van der Waals surface area contributed by atoms with Crippen LogP contribution in [0.5, 0.6) is 0 Å². The first-order valence-corrected chi connectivity index (χ1v) is 7.49. The largest absolute Gasteiger partial charge is 0.343 e. The van der Waals surface area contributed by atoms with Crippen molar-refractivity contribution in [1.82, 2.24) is 10.3 Å². The van der Waals surface area contributed by atoms with Gasteiger partial charge in [0.05, 0.1) is 5.03 Å². The number of nitrogens with zero attached hydrogens (tertiary/aromatic N) is 2. The smallest absolute Gasteiger partial charge is 0.152 e. The van der Waals surface area contributed by atoms with E-state index in [-0.39, 0.29) is 0 Å². The van der Waals surface area contributed by atoms with Crippen molar-refractivity contribution in [2.75, 3.05) is 0 Å². The van der Waals surface area contributed by atoms with Gasteiger partial charge in [0, 0.05) is 34.1 Å². The molecule has 1 aliphatic rings. The van der Waals surface area contributed by atoms with Crippen LogP contribution in [0.4, 0.5) is 0 Å². The van der Waals surface area contributed by atoms with Crippen LogP contribution in [-0.4, -0.2) is 17.1 Å². The van der Waals surface area contributed by atoms with Crippen molar-refractivity contribution < 1.29 is 4.79 Å². The molecule has 2 rings (SSSR count). The molecule has 21 heavy (non-hydrogen) atoms. The average molecular weight is 299 g/mol. The van der Waals surface area contributed by atoms with Gasteiger partial charge in [-0.25, -0.2) is 4.99 Å². The number of thioether (sulfide) groups is 1. The van der Waals surface area contributed by atoms with Crippen LogP contribution in [-0.2, 0) is 4.79 Å². The van der Waals surface area contributed by atoms with Crippen LogP contribution in [0.15, 0.2) is 68.9 Å². The molecule has 0 amide bonds. The number of carbonyl (C=O) groups is 1. The van der Waals surface area contributed by atoms with E-state index in [1.165, 1.54) is 11.8 Å². The Labute approximate surface area is 128 Å². The number of allylic oxidation sites excluding steroid dienone is 2. The van der Waals surface area contributed by atoms with E-state index in [2.05, 4.69) is 21.9 Å². The fourth-order valence-corrected chi connectivity index (χ4v) is 2.72. The van der Waals surface area contributed by atoms with E-state index in [0.717, 1.165) is 28.9 Å². The second-order valence-electron chi connectivity index (χ2n) is 4.34. The van der Waals surface area contributed by atoms with Crippen molar-refractivity contribution in [2.45, 2.75) is 25.2 Å². The van der Waals surface area contributed by atoms with Crippen LogP contribution in [0, 0.1) is 0 Å². The number of hydrogen-bond acceptors (Lipinski definition) is 4. The minimum atomic E-state index is 0.646. The van der Waals surface area contributed by atoms with Crippen LogP contribution in [0.3, 0.4) is 0 Å². The lowest BCUT2D eigenvalue weighted by Crippen LogP contribution is -2.17. The minimum absolute atomic E-state index is 0.646. The molecule has 5 heteroatoms. The van der Waals surface area contributed by atoms with Gasteiger partial charge in [0.25, 0.3) is 0 Å². The molecule has 0 radical (unpaired) electrons. The zero-order chi connectivity index (χ0) is 15.2. The predicted octanol–water partition coefficient (Wildman–Crippen LogP) is 3.46. The van der Waals surface area contributed by atoms with Gasteiger partial charge < -0.3 is 5.32 Å². The third-order valence-corrected chi connectivity index (χ3v) is 3.81. The summed E-state index contributed by atoms with van der Waals surface area (Å²) in [6.45, 7) is 7.85. The highest BCUT2D eigenvalue weighted by Crippen LogP contribution is 2.28. The van der Waals surface area contributed by atoms with Crippen molar-refractivity contribution in [2.24, 2.45) is 4.99 Å². The van der Waals surface area contributed by atoms with Gasteiger partial charge in [0.1, 0.15) is 5.84 Å². The molecule has 2 heterocycles. The molecule has 1 aliphatic heterocycles. The number of amidine groups is 1. The molecule has 108 valence electrons. The maximum Gasteiger partial charge on any atom is 0.152 e. The molecule has 0 atom stereocenters. The molecule has 0 spiro atoms. The minimum Gasteiger partial charge on any atom is -0.343 e. The summed E-state index contributed by atoms with van der Waals surface area (Å²) in [6, 6.07) is 3.82. The van der Waals surface area contributed by atoms with Crippen LogP contribution < -0.4 is 5.32 Å². The molecule has 0 saturated carbocycles. The zero-order valence-corrected chi connectivity index (χ0v) is 12.9. The quantitative estimate of drug-likeness (QED) is 0.668. The molecule has 1 aromatic heterocycles. The first-order valence-electron chi connectivity index (χ1n) is 6.67. The molecule has 0 fully saturated rings. The van der Waals surface area contributed by atoms with Gasteiger partial charge in [0.2, 0.25) is 0 Å². The maximum absolute atomic E-state index is 11.2. The normalized spacial score (nSPS) is 18.2. The van der Waals surface area contributed by atoms with E-state index in [9.17, 15) is 4.79 Å². The second kappa shape index (κ2) is 7.04. The van der Waals surface area contributed by atoms with Crippen LogP contribution >= 0.6 is 11.8 Å². The van der Waals surface area contributed by atoms with Gasteiger partial charge in [-0.05, 0) is 25.5 Å². The average Bonchev–Trinajstić information content (AvgIpc) is 2.84. The van der Waals surface area contributed by atoms with Crippen LogP contribution in [0.2, 0.25) is 0 Å². The molecule has 0 saturated heterocycles. The van der Waals surface area contributed by atoms with Crippen LogP contribution in [0.25, 0.3) is 0 Å². The number of aliphatic imine (C=N–C) groups is 1. The Balaban J connectivity index is 2.19. The number of pyridine rings is 1. The van der Waals surface area contributed by atoms with E-state index in [4.69, 9.17) is 0 Å². The summed E-state index contributed by atoms with van der Waals surface area (Å²) in [5, 5.41) is 3.85. The fraction of sp³-hybridized carbons (Fsp3) is 0.188. The van der Waals surface area contributed by atoms with Gasteiger partial charge in [-0.1, -0.05) is 31.3 Å². The number of nitrogens with one attached hydrogen (secondary N) is 1. The van der Waals surface area contributed by atoms with E-state index >= 15 is 0 Å². The van der Waals surface area contributed by atoms with E-state index in [1.807, 2.05) is 32.1 Å². The lowest BCUT2D eigenvalue weighted by atomic mass is 10.1. The van der Waals surface area contributed by atoms with Crippen molar-refractivity contribution >= 4 is 23.9 Å². The molecule has 1 aromatic rings. The third-order valence-electron chi connectivity index (χ3n) is 3.01. The molecule has 1 N–H and O–H groups in total. The van der Waals surface area contributed by atoms with E-state index in [1.54, 1.807) is 12.4 Å². The number of aromatic nitrogens is 1. The molecule has 4 nitrogen and oxygen atoms in total. The second-order valence-corrected chi connectivity index (χ2v) is 5.48. The summed E-state index contributed by atoms with van der Waals surface area (Å²) >= 11 is 1.44. The highest BCUT2D eigenvalue weighted by molar-refractivity contribution is 8.03. The predicted molar refractivity (Wildman–Crippen MR) is 86.9 cm³/mol. The van der Waals surface area contributed by atoms with Gasteiger partial charge in [-0.2, -0.15) is 0 Å². The lowest BCUT2D eigenvalue weighted by Gasteiger charge is -2.05. The number of carbonyl (C=O) groups excluding carboxylic acids is 1. The highest BCUT2D eigenvalue weighted by atomic mass is 32.2. The third kappa shape index (κ3) is 3.49. The van der Waals surface area contributed by atoms with Crippen LogP contribution in [0.1, 0.15) is 20.3 Å². The maximum atomic E-state index is 11.2. The first-order chi connectivity index (χ1) is 10.2. The Kier molecular flexibility index (Phi) is 5.11. The Morgan fingerprint density at radius 3 is 2.95 bits per heavy atom. The SMILES string of the molecule is C=C(/N=C1/NC(CC)=C(C=O)/C1=C/C)Sc1cccnc1. The standard InChI is InChI=1S/C16H17N3OS/c1-4-13-14(10-20)15(5-2)19-16(13)18-11(3)21-12-7-6-8-17-9-12/h4,6-10H,3,5H2,1-2H3,(H,18,19)/b13-4-. The fourth-order valence-electron chi connectivity index (χ4n) is 2.05. The topological polar surface area (TPSA) is 54.4 Å². The molecular formula is C16H17N3OS. The summed E-state index contributed by atoms with van der Waals surface area (Å²) in [6.07, 6.45) is 7.01. The van der Waals surface area contributed by atoms with Crippen molar-refractivity contribution in [3.63, 3.8) is 0 Å². The Morgan fingerprint density at radius 1 is 1.57 bits per heavy atom. The Hall–Kier alpha value is -2.14. The Bertz CT molecular complexity index is 645. The van der Waals surface area contributed by atoms with E-state index in [0.29, 0.717) is 16.4 Å². The lowest BCUT2D eigenvalue weighted by molar-refractivity contribution is -0.104. The van der Waals surface area contributed by atoms with Crippen molar-refractivity contribution in [1.29, 1.82) is 0 Å². The Morgan fingerprint density at radius 2 is 2.38 bits per heavy atom. The van der Waals surface area contributed by atoms with Gasteiger partial charge in [0.15, 0.2) is 6.29 Å². The summed E-state index contributed by atoms with van der Waals surface area (Å²) in [7, 11) is 0. The monoisotopic (exact) mass is 299 g/mol. The number of rotatable bonds is 5. The van der Waals surface area contributed by atoms with Gasteiger partial charge in [-0.15, -0.1) is 0 Å².